The zero-order valence-electron chi connectivity index (χ0n) is 14.1. The first-order valence-corrected chi connectivity index (χ1v) is 8.25. The fraction of sp³-hybridized carbons (Fsp3) is 0.706. The molecular weight excluding hydrogens is 260 g/mol. The molecule has 0 saturated carbocycles. The van der Waals surface area contributed by atoms with Crippen molar-refractivity contribution in [3.05, 3.63) is 30.1 Å². The first-order chi connectivity index (χ1) is 10.1. The second-order valence-electron chi connectivity index (χ2n) is 5.60. The van der Waals surface area contributed by atoms with Gasteiger partial charge >= 0.3 is 0 Å². The molecule has 0 aliphatic heterocycles. The minimum Gasteiger partial charge on any atom is -0.326 e. The average Bonchev–Trinajstić information content (AvgIpc) is 2.51. The van der Waals surface area contributed by atoms with Gasteiger partial charge in [-0.05, 0) is 51.2 Å². The predicted octanol–water partition coefficient (Wildman–Crippen LogP) is 2.52. The first kappa shape index (κ1) is 18.1. The summed E-state index contributed by atoms with van der Waals surface area (Å²) in [5, 5.41) is 0. The van der Waals surface area contributed by atoms with Crippen molar-refractivity contribution in [2.75, 3.05) is 32.7 Å². The number of pyridine rings is 1. The molecule has 1 aromatic rings. The van der Waals surface area contributed by atoms with Crippen molar-refractivity contribution in [3.63, 3.8) is 0 Å². The summed E-state index contributed by atoms with van der Waals surface area (Å²) < 4.78 is 0. The largest absolute Gasteiger partial charge is 0.326 e. The van der Waals surface area contributed by atoms with Gasteiger partial charge in [0.1, 0.15) is 0 Å². The Morgan fingerprint density at radius 2 is 1.86 bits per heavy atom. The zero-order valence-corrected chi connectivity index (χ0v) is 14.1. The van der Waals surface area contributed by atoms with Crippen molar-refractivity contribution in [3.8, 4) is 0 Å². The number of hydrogen-bond acceptors (Lipinski definition) is 4. The van der Waals surface area contributed by atoms with Gasteiger partial charge in [0, 0.05) is 25.0 Å². The van der Waals surface area contributed by atoms with Crippen LogP contribution in [0.2, 0.25) is 0 Å². The van der Waals surface area contributed by atoms with Crippen molar-refractivity contribution < 1.29 is 0 Å². The normalized spacial score (nSPS) is 14.6. The Bertz CT molecular complexity index is 362. The van der Waals surface area contributed by atoms with Crippen LogP contribution in [0.25, 0.3) is 0 Å². The van der Waals surface area contributed by atoms with Gasteiger partial charge in [0.05, 0.1) is 6.04 Å². The number of likely N-dealkylation sites (N-methyl/N-ethyl adjacent to an activating group) is 1. The Kier molecular flexibility index (Phi) is 8.50. The molecular formula is C17H32N4. The third-order valence-corrected chi connectivity index (χ3v) is 4.14. The molecule has 2 N–H and O–H groups in total. The molecule has 0 amide bonds. The molecule has 2 unspecified atom stereocenters. The van der Waals surface area contributed by atoms with E-state index in [1.807, 2.05) is 18.5 Å². The Hall–Kier alpha value is -0.970. The van der Waals surface area contributed by atoms with E-state index in [0.29, 0.717) is 0 Å². The number of aromatic nitrogens is 1. The van der Waals surface area contributed by atoms with Crippen molar-refractivity contribution in [1.29, 1.82) is 0 Å². The Labute approximate surface area is 130 Å². The molecule has 0 aromatic carbocycles. The molecule has 0 radical (unpaired) electrons. The Balaban J connectivity index is 2.66. The van der Waals surface area contributed by atoms with Crippen molar-refractivity contribution >= 4 is 0 Å². The monoisotopic (exact) mass is 292 g/mol. The van der Waals surface area contributed by atoms with Gasteiger partial charge in [0.15, 0.2) is 0 Å². The van der Waals surface area contributed by atoms with E-state index in [4.69, 9.17) is 5.73 Å². The fourth-order valence-corrected chi connectivity index (χ4v) is 2.93. The van der Waals surface area contributed by atoms with E-state index in [-0.39, 0.29) is 12.1 Å². The Morgan fingerprint density at radius 1 is 1.14 bits per heavy atom. The molecule has 2 atom stereocenters. The topological polar surface area (TPSA) is 45.4 Å². The smallest absolute Gasteiger partial charge is 0.0511 e. The summed E-state index contributed by atoms with van der Waals surface area (Å²) in [6.45, 7) is 14.2. The predicted molar refractivity (Wildman–Crippen MR) is 90.3 cm³/mol. The van der Waals surface area contributed by atoms with Gasteiger partial charge < -0.3 is 10.6 Å². The van der Waals surface area contributed by atoms with Gasteiger partial charge in [-0.3, -0.25) is 9.88 Å². The third-order valence-electron chi connectivity index (χ3n) is 4.14. The summed E-state index contributed by atoms with van der Waals surface area (Å²) in [4.78, 5) is 9.20. The molecule has 4 nitrogen and oxygen atoms in total. The van der Waals surface area contributed by atoms with E-state index >= 15 is 0 Å². The van der Waals surface area contributed by atoms with Gasteiger partial charge in [-0.1, -0.05) is 26.8 Å². The number of nitrogens with zero attached hydrogens (tertiary/aromatic N) is 3. The summed E-state index contributed by atoms with van der Waals surface area (Å²) >= 11 is 0. The number of nitrogens with two attached hydrogens (primary N) is 1. The highest BCUT2D eigenvalue weighted by Crippen LogP contribution is 2.22. The molecule has 1 aromatic heterocycles. The second-order valence-corrected chi connectivity index (χ2v) is 5.60. The lowest BCUT2D eigenvalue weighted by Crippen LogP contribution is -2.41. The maximum absolute atomic E-state index is 6.25. The zero-order chi connectivity index (χ0) is 15.7. The highest BCUT2D eigenvalue weighted by molar-refractivity contribution is 5.16. The van der Waals surface area contributed by atoms with E-state index in [2.05, 4.69) is 48.5 Å². The molecule has 0 aliphatic rings. The molecule has 0 saturated heterocycles. The van der Waals surface area contributed by atoms with Crippen LogP contribution in [0.1, 0.15) is 45.7 Å². The lowest BCUT2D eigenvalue weighted by Gasteiger charge is -2.34. The van der Waals surface area contributed by atoms with Crippen molar-refractivity contribution in [1.82, 2.24) is 14.8 Å². The summed E-state index contributed by atoms with van der Waals surface area (Å²) in [6.07, 6.45) is 4.94. The van der Waals surface area contributed by atoms with Crippen LogP contribution in [0.3, 0.4) is 0 Å². The van der Waals surface area contributed by atoms with E-state index in [0.717, 1.165) is 32.7 Å². The standard InChI is InChI=1S/C17H32N4/c1-5-20(6-2)12-9-13-21(7-3)17(15(4)18)16-10-8-11-19-14-16/h8,10-11,14-15,17H,5-7,9,12-13,18H2,1-4H3. The van der Waals surface area contributed by atoms with Crippen LogP contribution < -0.4 is 5.73 Å². The molecule has 1 rings (SSSR count). The third kappa shape index (κ3) is 5.73. The van der Waals surface area contributed by atoms with Crippen molar-refractivity contribution in [2.45, 2.75) is 46.2 Å². The average molecular weight is 292 g/mol. The van der Waals surface area contributed by atoms with E-state index < -0.39 is 0 Å². The maximum Gasteiger partial charge on any atom is 0.0511 e. The highest BCUT2D eigenvalue weighted by Gasteiger charge is 2.22. The summed E-state index contributed by atoms with van der Waals surface area (Å²) in [7, 11) is 0. The molecule has 4 heteroatoms. The van der Waals surface area contributed by atoms with Crippen LogP contribution in [-0.2, 0) is 0 Å². The maximum atomic E-state index is 6.25. The summed E-state index contributed by atoms with van der Waals surface area (Å²) in [5.74, 6) is 0. The number of hydrogen-bond donors (Lipinski definition) is 1. The van der Waals surface area contributed by atoms with E-state index in [1.165, 1.54) is 12.0 Å². The van der Waals surface area contributed by atoms with E-state index in [9.17, 15) is 0 Å². The molecule has 21 heavy (non-hydrogen) atoms. The van der Waals surface area contributed by atoms with Crippen LogP contribution in [0.15, 0.2) is 24.5 Å². The van der Waals surface area contributed by atoms with Crippen LogP contribution in [0.4, 0.5) is 0 Å². The molecule has 0 fully saturated rings. The quantitative estimate of drug-likeness (QED) is 0.720. The second kappa shape index (κ2) is 9.87. The summed E-state index contributed by atoms with van der Waals surface area (Å²) in [6, 6.07) is 4.48. The first-order valence-electron chi connectivity index (χ1n) is 8.25. The van der Waals surface area contributed by atoms with Crippen LogP contribution in [0, 0.1) is 0 Å². The lowest BCUT2D eigenvalue weighted by atomic mass is 10.0. The Morgan fingerprint density at radius 3 is 2.33 bits per heavy atom. The van der Waals surface area contributed by atoms with Gasteiger partial charge in [0.2, 0.25) is 0 Å². The van der Waals surface area contributed by atoms with E-state index in [1.54, 1.807) is 0 Å². The molecule has 120 valence electrons. The minimum atomic E-state index is 0.0996. The van der Waals surface area contributed by atoms with Gasteiger partial charge in [-0.2, -0.15) is 0 Å². The number of rotatable bonds is 10. The lowest BCUT2D eigenvalue weighted by molar-refractivity contribution is 0.171. The molecule has 0 spiro atoms. The van der Waals surface area contributed by atoms with Crippen LogP contribution in [-0.4, -0.2) is 53.5 Å². The highest BCUT2D eigenvalue weighted by atomic mass is 15.2. The minimum absolute atomic E-state index is 0.0996. The van der Waals surface area contributed by atoms with Gasteiger partial charge in [-0.25, -0.2) is 0 Å². The van der Waals surface area contributed by atoms with Crippen LogP contribution >= 0.6 is 0 Å². The van der Waals surface area contributed by atoms with Gasteiger partial charge in [0.25, 0.3) is 0 Å². The van der Waals surface area contributed by atoms with Crippen molar-refractivity contribution in [2.24, 2.45) is 5.73 Å². The molecule has 0 aliphatic carbocycles. The fourth-order valence-electron chi connectivity index (χ4n) is 2.93. The summed E-state index contributed by atoms with van der Waals surface area (Å²) in [5.41, 5.74) is 7.47. The molecule has 0 bridgehead atoms. The van der Waals surface area contributed by atoms with Crippen LogP contribution in [0.5, 0.6) is 0 Å². The molecule has 1 heterocycles. The van der Waals surface area contributed by atoms with Gasteiger partial charge in [-0.15, -0.1) is 0 Å². The SMILES string of the molecule is CCN(CC)CCCN(CC)C(c1cccnc1)C(C)N.